The zero-order valence-corrected chi connectivity index (χ0v) is 7.78. The summed E-state index contributed by atoms with van der Waals surface area (Å²) in [7, 11) is 0. The van der Waals surface area contributed by atoms with Crippen molar-refractivity contribution in [2.45, 2.75) is 0 Å². The van der Waals surface area contributed by atoms with E-state index in [-0.39, 0.29) is 0 Å². The Labute approximate surface area is 88.4 Å². The molecule has 0 heterocycles. The lowest BCUT2D eigenvalue weighted by Crippen LogP contribution is -2.05. The highest BCUT2D eigenvalue weighted by atomic mass is 19.1. The van der Waals surface area contributed by atoms with Gasteiger partial charge < -0.3 is 10.2 Å². The smallest absolute Gasteiger partial charge is 0.371 e. The van der Waals surface area contributed by atoms with Crippen LogP contribution in [0.2, 0.25) is 0 Å². The summed E-state index contributed by atoms with van der Waals surface area (Å²) >= 11 is 0. The topological polar surface area (TPSA) is 74.6 Å². The largest absolute Gasteiger partial charge is 0.502 e. The van der Waals surface area contributed by atoms with Crippen LogP contribution in [-0.2, 0) is 4.79 Å². The Morgan fingerprint density at radius 2 is 1.81 bits per heavy atom. The Balaban J connectivity index is 3.10. The number of carbonyl (C=O) groups excluding carboxylic acids is 1. The van der Waals surface area contributed by atoms with Gasteiger partial charge in [0.15, 0.2) is 5.78 Å². The van der Waals surface area contributed by atoms with E-state index < -0.39 is 34.7 Å². The Morgan fingerprint density at radius 1 is 1.19 bits per heavy atom. The zero-order chi connectivity index (χ0) is 12.3. The number of ketones is 1. The fraction of sp³-hybridized carbons (Fsp3) is 0. The van der Waals surface area contributed by atoms with Crippen LogP contribution in [-0.4, -0.2) is 22.0 Å². The van der Waals surface area contributed by atoms with Crippen molar-refractivity contribution in [2.75, 3.05) is 0 Å². The van der Waals surface area contributed by atoms with Crippen LogP contribution in [0.5, 0.6) is 0 Å². The summed E-state index contributed by atoms with van der Waals surface area (Å²) in [5, 5.41) is 17.0. The molecule has 4 nitrogen and oxygen atoms in total. The maximum Gasteiger partial charge on any atom is 0.371 e. The van der Waals surface area contributed by atoms with Gasteiger partial charge in [0, 0.05) is 6.08 Å². The minimum Gasteiger partial charge on any atom is -0.502 e. The quantitative estimate of drug-likeness (QED) is 0.468. The average molecular weight is 228 g/mol. The summed E-state index contributed by atoms with van der Waals surface area (Å²) in [6, 6.07) is 2.16. The molecule has 1 rings (SSSR count). The first kappa shape index (κ1) is 11.8. The van der Waals surface area contributed by atoms with Gasteiger partial charge >= 0.3 is 5.97 Å². The van der Waals surface area contributed by atoms with Crippen molar-refractivity contribution in [3.8, 4) is 0 Å². The number of carbonyl (C=O) groups is 2. The molecular formula is C10H6F2O4. The van der Waals surface area contributed by atoms with Gasteiger partial charge in [0.2, 0.25) is 5.76 Å². The molecular weight excluding hydrogens is 222 g/mol. The number of allylic oxidation sites excluding steroid dienone is 1. The second kappa shape index (κ2) is 4.52. The minimum atomic E-state index is -1.73. The molecule has 1 aromatic carbocycles. The first-order chi connectivity index (χ1) is 7.41. The maximum atomic E-state index is 13.0. The van der Waals surface area contributed by atoms with Gasteiger partial charge in [-0.15, -0.1) is 0 Å². The molecule has 16 heavy (non-hydrogen) atoms. The lowest BCUT2D eigenvalue weighted by atomic mass is 10.1. The SMILES string of the molecule is O=C(O)/C(O)=C\C(=O)c1cc(F)ccc1F. The summed E-state index contributed by atoms with van der Waals surface area (Å²) in [5.41, 5.74) is -0.646. The Kier molecular flexibility index (Phi) is 3.34. The van der Waals surface area contributed by atoms with E-state index in [1.54, 1.807) is 0 Å². The van der Waals surface area contributed by atoms with Crippen molar-refractivity contribution in [3.05, 3.63) is 47.2 Å². The number of carboxylic acids is 1. The number of carboxylic acid groups (broad SMARTS) is 1. The van der Waals surface area contributed by atoms with Crippen LogP contribution in [0.4, 0.5) is 8.78 Å². The van der Waals surface area contributed by atoms with E-state index >= 15 is 0 Å². The van der Waals surface area contributed by atoms with E-state index in [0.29, 0.717) is 12.1 Å². The molecule has 84 valence electrons. The van der Waals surface area contributed by atoms with Crippen molar-refractivity contribution >= 4 is 11.8 Å². The van der Waals surface area contributed by atoms with Crippen molar-refractivity contribution in [2.24, 2.45) is 0 Å². The molecule has 0 fully saturated rings. The molecule has 0 saturated heterocycles. The summed E-state index contributed by atoms with van der Waals surface area (Å²) < 4.78 is 25.7. The highest BCUT2D eigenvalue weighted by Gasteiger charge is 2.14. The number of halogens is 2. The van der Waals surface area contributed by atoms with Crippen LogP contribution >= 0.6 is 0 Å². The van der Waals surface area contributed by atoms with Gasteiger partial charge in [-0.1, -0.05) is 0 Å². The van der Waals surface area contributed by atoms with Crippen molar-refractivity contribution in [3.63, 3.8) is 0 Å². The second-order valence-electron chi connectivity index (χ2n) is 2.82. The van der Waals surface area contributed by atoms with Crippen molar-refractivity contribution < 1.29 is 28.6 Å². The second-order valence-corrected chi connectivity index (χ2v) is 2.82. The van der Waals surface area contributed by atoms with Crippen LogP contribution in [0.3, 0.4) is 0 Å². The number of aliphatic carboxylic acids is 1. The third kappa shape index (κ3) is 2.63. The van der Waals surface area contributed by atoms with Crippen molar-refractivity contribution in [1.29, 1.82) is 0 Å². The Hall–Kier alpha value is -2.24. The molecule has 2 N–H and O–H groups in total. The predicted molar refractivity (Wildman–Crippen MR) is 49.0 cm³/mol. The van der Waals surface area contributed by atoms with Gasteiger partial charge in [-0.2, -0.15) is 0 Å². The number of rotatable bonds is 3. The highest BCUT2D eigenvalue weighted by Crippen LogP contribution is 2.11. The summed E-state index contributed by atoms with van der Waals surface area (Å²) in [6.07, 6.45) is 0.306. The standard InChI is InChI=1S/C10H6F2O4/c11-5-1-2-7(12)6(3-5)8(13)4-9(14)10(15)16/h1-4,14H,(H,15,16)/b9-4+. The molecule has 0 atom stereocenters. The van der Waals surface area contributed by atoms with Crippen LogP contribution in [0.15, 0.2) is 30.0 Å². The Bertz CT molecular complexity index is 480. The van der Waals surface area contributed by atoms with Gasteiger partial charge in [0.25, 0.3) is 0 Å². The molecule has 0 bridgehead atoms. The fourth-order valence-corrected chi connectivity index (χ4v) is 0.950. The van der Waals surface area contributed by atoms with Gasteiger partial charge in [-0.25, -0.2) is 13.6 Å². The molecule has 0 aromatic heterocycles. The van der Waals surface area contributed by atoms with Gasteiger partial charge in [0.05, 0.1) is 5.56 Å². The van der Waals surface area contributed by atoms with Gasteiger partial charge in [-0.05, 0) is 18.2 Å². The molecule has 0 aliphatic heterocycles. The normalized spacial score (nSPS) is 11.2. The lowest BCUT2D eigenvalue weighted by Gasteiger charge is -1.98. The maximum absolute atomic E-state index is 13.0. The summed E-state index contributed by atoms with van der Waals surface area (Å²) in [5.74, 6) is -5.94. The molecule has 0 aliphatic carbocycles. The summed E-state index contributed by atoms with van der Waals surface area (Å²) in [6.45, 7) is 0. The third-order valence-electron chi connectivity index (χ3n) is 1.68. The molecule has 0 spiro atoms. The van der Waals surface area contributed by atoms with Crippen molar-refractivity contribution in [1.82, 2.24) is 0 Å². The Morgan fingerprint density at radius 3 is 2.38 bits per heavy atom. The van der Waals surface area contributed by atoms with Gasteiger partial charge in [0.1, 0.15) is 11.6 Å². The molecule has 6 heteroatoms. The highest BCUT2D eigenvalue weighted by molar-refractivity contribution is 6.07. The van der Waals surface area contributed by atoms with Crippen LogP contribution in [0.25, 0.3) is 0 Å². The fourth-order valence-electron chi connectivity index (χ4n) is 0.950. The minimum absolute atomic E-state index is 0.306. The zero-order valence-electron chi connectivity index (χ0n) is 7.78. The first-order valence-corrected chi connectivity index (χ1v) is 4.05. The van der Waals surface area contributed by atoms with E-state index in [2.05, 4.69) is 0 Å². The summed E-state index contributed by atoms with van der Waals surface area (Å²) in [4.78, 5) is 21.4. The molecule has 0 amide bonds. The van der Waals surface area contributed by atoms with Gasteiger partial charge in [-0.3, -0.25) is 4.79 Å². The number of hydrogen-bond donors (Lipinski definition) is 2. The number of aliphatic hydroxyl groups excluding tert-OH is 1. The van der Waals surface area contributed by atoms with Crippen LogP contribution in [0.1, 0.15) is 10.4 Å². The van der Waals surface area contributed by atoms with Crippen LogP contribution in [0, 0.1) is 11.6 Å². The van der Waals surface area contributed by atoms with E-state index in [4.69, 9.17) is 10.2 Å². The molecule has 0 unspecified atom stereocenters. The molecule has 0 saturated carbocycles. The van der Waals surface area contributed by atoms with E-state index in [0.717, 1.165) is 12.1 Å². The number of benzene rings is 1. The molecule has 0 aliphatic rings. The van der Waals surface area contributed by atoms with E-state index in [9.17, 15) is 18.4 Å². The average Bonchev–Trinajstić information content (AvgIpc) is 2.21. The molecule has 1 aromatic rings. The predicted octanol–water partition coefficient (Wildman–Crippen LogP) is 1.67. The number of hydrogen-bond acceptors (Lipinski definition) is 3. The van der Waals surface area contributed by atoms with Crippen LogP contribution < -0.4 is 0 Å². The monoisotopic (exact) mass is 228 g/mol. The molecule has 0 radical (unpaired) electrons. The number of aliphatic hydroxyl groups is 1. The van der Waals surface area contributed by atoms with E-state index in [1.807, 2.05) is 0 Å². The third-order valence-corrected chi connectivity index (χ3v) is 1.68. The van der Waals surface area contributed by atoms with E-state index in [1.165, 1.54) is 0 Å². The first-order valence-electron chi connectivity index (χ1n) is 4.05. The lowest BCUT2D eigenvalue weighted by molar-refractivity contribution is -0.135.